The molecular formula is C9H17N3O9S2. The Balaban J connectivity index is 3.17. The molecule has 0 aromatic rings. The van der Waals surface area contributed by atoms with Crippen LogP contribution in [-0.4, -0.2) is 78.8 Å². The number of hydrogen-bond donors (Lipinski definition) is 1. The highest BCUT2D eigenvalue weighted by Gasteiger charge is 2.57. The SMILES string of the molecule is COC1O[C@H](COS(C)(=O)=O)[C@@](COS(C)(=O)=O)(N=[N+]=[N-])[C@@H]1O. The molecule has 0 aromatic carbocycles. The third-order valence-electron chi connectivity index (χ3n) is 3.03. The van der Waals surface area contributed by atoms with Crippen LogP contribution in [-0.2, 0) is 38.1 Å². The summed E-state index contributed by atoms with van der Waals surface area (Å²) in [6.07, 6.45) is -2.69. The third-order valence-corrected chi connectivity index (χ3v) is 4.14. The Morgan fingerprint density at radius 3 is 2.26 bits per heavy atom. The minimum absolute atomic E-state index is 0.637. The van der Waals surface area contributed by atoms with Crippen molar-refractivity contribution < 1.29 is 39.8 Å². The largest absolute Gasteiger partial charge is 0.387 e. The summed E-state index contributed by atoms with van der Waals surface area (Å²) in [4.78, 5) is 2.55. The fourth-order valence-corrected chi connectivity index (χ4v) is 2.72. The highest BCUT2D eigenvalue weighted by atomic mass is 32.2. The molecule has 1 aliphatic heterocycles. The minimum Gasteiger partial charge on any atom is -0.387 e. The zero-order chi connectivity index (χ0) is 17.9. The summed E-state index contributed by atoms with van der Waals surface area (Å²) < 4.78 is 63.9. The van der Waals surface area contributed by atoms with E-state index in [-0.39, 0.29) is 0 Å². The summed E-state index contributed by atoms with van der Waals surface area (Å²) in [6, 6.07) is 0. The van der Waals surface area contributed by atoms with E-state index >= 15 is 0 Å². The molecular weight excluding hydrogens is 358 g/mol. The molecule has 0 bridgehead atoms. The van der Waals surface area contributed by atoms with Gasteiger partial charge in [0.15, 0.2) is 6.29 Å². The second-order valence-electron chi connectivity index (χ2n) is 4.81. The molecule has 0 amide bonds. The molecule has 0 aliphatic carbocycles. The predicted molar refractivity (Wildman–Crippen MR) is 75.1 cm³/mol. The lowest BCUT2D eigenvalue weighted by Crippen LogP contribution is -2.52. The van der Waals surface area contributed by atoms with Crippen molar-refractivity contribution in [2.45, 2.75) is 24.0 Å². The fraction of sp³-hybridized carbons (Fsp3) is 1.00. The first kappa shape index (κ1) is 20.1. The van der Waals surface area contributed by atoms with Gasteiger partial charge < -0.3 is 14.6 Å². The lowest BCUT2D eigenvalue weighted by Gasteiger charge is -2.30. The number of ether oxygens (including phenoxy) is 2. The molecule has 14 heteroatoms. The van der Waals surface area contributed by atoms with Crippen molar-refractivity contribution in [1.82, 2.24) is 0 Å². The van der Waals surface area contributed by atoms with Gasteiger partial charge in [0.05, 0.1) is 25.7 Å². The van der Waals surface area contributed by atoms with Gasteiger partial charge in [-0.2, -0.15) is 16.8 Å². The van der Waals surface area contributed by atoms with Gasteiger partial charge in [-0.15, -0.1) is 0 Å². The van der Waals surface area contributed by atoms with Crippen LogP contribution >= 0.6 is 0 Å². The van der Waals surface area contributed by atoms with Crippen LogP contribution in [0.15, 0.2) is 5.11 Å². The molecule has 23 heavy (non-hydrogen) atoms. The van der Waals surface area contributed by atoms with Gasteiger partial charge in [-0.1, -0.05) is 5.11 Å². The minimum atomic E-state index is -3.93. The number of rotatable bonds is 8. The van der Waals surface area contributed by atoms with Crippen molar-refractivity contribution >= 4 is 20.2 Å². The monoisotopic (exact) mass is 375 g/mol. The molecule has 0 radical (unpaired) electrons. The maximum atomic E-state index is 11.2. The number of aliphatic hydroxyl groups is 1. The zero-order valence-corrected chi connectivity index (χ0v) is 14.2. The first-order valence-corrected chi connectivity index (χ1v) is 9.70. The summed E-state index contributed by atoms with van der Waals surface area (Å²) >= 11 is 0. The van der Waals surface area contributed by atoms with Gasteiger partial charge in [-0.25, -0.2) is 0 Å². The van der Waals surface area contributed by atoms with E-state index in [2.05, 4.69) is 18.4 Å². The predicted octanol–water partition coefficient (Wildman–Crippen LogP) is -1.28. The second kappa shape index (κ2) is 7.27. The first-order chi connectivity index (χ1) is 10.4. The molecule has 0 saturated carbocycles. The van der Waals surface area contributed by atoms with Crippen molar-refractivity contribution in [1.29, 1.82) is 0 Å². The van der Waals surface area contributed by atoms with Crippen LogP contribution in [0.1, 0.15) is 0 Å². The van der Waals surface area contributed by atoms with E-state index in [0.717, 1.165) is 12.5 Å². The molecule has 1 fully saturated rings. The van der Waals surface area contributed by atoms with Crippen LogP contribution in [0.25, 0.3) is 10.4 Å². The van der Waals surface area contributed by atoms with E-state index in [1.165, 1.54) is 7.11 Å². The van der Waals surface area contributed by atoms with Gasteiger partial charge in [-0.05, 0) is 5.53 Å². The Labute approximate surface area is 133 Å². The van der Waals surface area contributed by atoms with Crippen molar-refractivity contribution in [3.8, 4) is 0 Å². The average molecular weight is 375 g/mol. The highest BCUT2D eigenvalue weighted by molar-refractivity contribution is 7.86. The van der Waals surface area contributed by atoms with Crippen molar-refractivity contribution in [2.75, 3.05) is 32.8 Å². The highest BCUT2D eigenvalue weighted by Crippen LogP contribution is 2.36. The Bertz CT molecular complexity index is 672. The number of azide groups is 1. The number of methoxy groups -OCH3 is 1. The van der Waals surface area contributed by atoms with Crippen molar-refractivity contribution in [3.05, 3.63) is 10.4 Å². The lowest BCUT2D eigenvalue weighted by atomic mass is 9.90. The van der Waals surface area contributed by atoms with E-state index in [4.69, 9.17) is 15.0 Å². The Kier molecular flexibility index (Phi) is 6.34. The molecule has 1 N–H and O–H groups in total. The molecule has 1 rings (SSSR count). The maximum absolute atomic E-state index is 11.2. The van der Waals surface area contributed by atoms with Crippen LogP contribution in [0.4, 0.5) is 0 Å². The molecule has 4 atom stereocenters. The summed E-state index contributed by atoms with van der Waals surface area (Å²) in [7, 11) is -6.60. The van der Waals surface area contributed by atoms with Crippen LogP contribution in [0.2, 0.25) is 0 Å². The molecule has 0 aromatic heterocycles. The van der Waals surface area contributed by atoms with E-state index in [1.807, 2.05) is 0 Å². The number of hydrogen-bond acceptors (Lipinski definition) is 10. The molecule has 12 nitrogen and oxygen atoms in total. The fourth-order valence-electron chi connectivity index (χ4n) is 1.95. The van der Waals surface area contributed by atoms with Crippen LogP contribution in [0.3, 0.4) is 0 Å². The van der Waals surface area contributed by atoms with E-state index in [9.17, 15) is 21.9 Å². The number of aliphatic hydroxyl groups excluding tert-OH is 1. The topological polar surface area (TPSA) is 174 Å². The molecule has 1 heterocycles. The number of nitrogens with zero attached hydrogens (tertiary/aromatic N) is 3. The quantitative estimate of drug-likeness (QED) is 0.234. The van der Waals surface area contributed by atoms with Crippen molar-refractivity contribution in [2.24, 2.45) is 5.11 Å². The van der Waals surface area contributed by atoms with E-state index in [1.54, 1.807) is 0 Å². The summed E-state index contributed by atoms with van der Waals surface area (Å²) in [5.41, 5.74) is 6.78. The molecule has 134 valence electrons. The Morgan fingerprint density at radius 1 is 1.26 bits per heavy atom. The Hall–Kier alpha value is -0.990. The van der Waals surface area contributed by atoms with Gasteiger partial charge in [0.2, 0.25) is 0 Å². The van der Waals surface area contributed by atoms with Crippen LogP contribution in [0, 0.1) is 0 Å². The van der Waals surface area contributed by atoms with Gasteiger partial charge >= 0.3 is 0 Å². The van der Waals surface area contributed by atoms with Crippen molar-refractivity contribution in [3.63, 3.8) is 0 Å². The van der Waals surface area contributed by atoms with Crippen LogP contribution < -0.4 is 0 Å². The summed E-state index contributed by atoms with van der Waals surface area (Å²) in [6.45, 7) is -1.42. The van der Waals surface area contributed by atoms with Gasteiger partial charge in [0.1, 0.15) is 17.7 Å². The van der Waals surface area contributed by atoms with Gasteiger partial charge in [-0.3, -0.25) is 8.37 Å². The molecule has 1 aliphatic rings. The molecule has 1 saturated heterocycles. The zero-order valence-electron chi connectivity index (χ0n) is 12.5. The molecule has 1 unspecified atom stereocenters. The molecule has 0 spiro atoms. The van der Waals surface area contributed by atoms with Gasteiger partial charge in [0.25, 0.3) is 20.2 Å². The van der Waals surface area contributed by atoms with Gasteiger partial charge in [0, 0.05) is 12.0 Å². The smallest absolute Gasteiger partial charge is 0.264 e. The average Bonchev–Trinajstić information content (AvgIpc) is 2.67. The maximum Gasteiger partial charge on any atom is 0.264 e. The summed E-state index contributed by atoms with van der Waals surface area (Å²) in [5.74, 6) is 0. The first-order valence-electron chi connectivity index (χ1n) is 6.06. The lowest BCUT2D eigenvalue weighted by molar-refractivity contribution is -0.151. The second-order valence-corrected chi connectivity index (χ2v) is 8.10. The standard InChI is InChI=1S/C9H17N3O9S2/c1-18-8-7(13)9(11-12-10,5-20-23(3,16)17)6(21-8)4-19-22(2,14)15/h6-8,13H,4-5H2,1-3H3/t6-,7-,8?,9-/m1/s1. The normalized spacial score (nSPS) is 31.7. The Morgan fingerprint density at radius 2 is 1.83 bits per heavy atom. The van der Waals surface area contributed by atoms with Crippen LogP contribution in [0.5, 0.6) is 0 Å². The summed E-state index contributed by atoms with van der Waals surface area (Å²) in [5, 5.41) is 13.6. The van der Waals surface area contributed by atoms with E-state index in [0.29, 0.717) is 0 Å². The third kappa shape index (κ3) is 5.26. The van der Waals surface area contributed by atoms with E-state index < -0.39 is 57.5 Å².